The van der Waals surface area contributed by atoms with Gasteiger partial charge in [-0.1, -0.05) is 51.8 Å². The average Bonchev–Trinajstić information content (AvgIpc) is 2.80. The highest BCUT2D eigenvalue weighted by Crippen LogP contribution is 2.27. The molecule has 1 fully saturated rings. The molecule has 1 atom stereocenters. The monoisotopic (exact) mass is 539 g/mol. The molecule has 5 nitrogen and oxygen atoms in total. The maximum Gasteiger partial charge on any atom is 0.238 e. The third-order valence-corrected chi connectivity index (χ3v) is 6.85. The molecule has 4 rings (SSSR count). The first kappa shape index (κ1) is 24.5. The highest BCUT2D eigenvalue weighted by Gasteiger charge is 2.26. The number of amides is 1. The Balaban J connectivity index is 1.43. The van der Waals surface area contributed by atoms with Gasteiger partial charge in [0.25, 0.3) is 0 Å². The summed E-state index contributed by atoms with van der Waals surface area (Å²) in [6.45, 7) is 6.97. The van der Waals surface area contributed by atoms with Crippen molar-refractivity contribution in [1.82, 2.24) is 4.90 Å². The lowest BCUT2D eigenvalue weighted by atomic mass is 10.0. The van der Waals surface area contributed by atoms with Crippen molar-refractivity contribution in [3.05, 3.63) is 92.9 Å². The molecule has 0 radical (unpaired) electrons. The molecule has 1 saturated heterocycles. The van der Waals surface area contributed by atoms with E-state index >= 15 is 0 Å². The van der Waals surface area contributed by atoms with Gasteiger partial charge in [0.2, 0.25) is 5.91 Å². The van der Waals surface area contributed by atoms with Gasteiger partial charge in [-0.25, -0.2) is 0 Å². The minimum Gasteiger partial charge on any atom is -0.366 e. The van der Waals surface area contributed by atoms with E-state index in [1.807, 2.05) is 6.07 Å². The summed E-state index contributed by atoms with van der Waals surface area (Å²) >= 11 is 9.67. The first-order valence-electron chi connectivity index (χ1n) is 11.3. The largest absolute Gasteiger partial charge is 0.366 e. The van der Waals surface area contributed by atoms with Gasteiger partial charge in [0.15, 0.2) is 5.78 Å². The molecule has 1 heterocycles. The van der Waals surface area contributed by atoms with Gasteiger partial charge in [0.05, 0.1) is 17.3 Å². The predicted octanol–water partition coefficient (Wildman–Crippen LogP) is 5.79. The number of nitrogens with zero attached hydrogens (tertiary/aromatic N) is 2. The van der Waals surface area contributed by atoms with Crippen molar-refractivity contribution < 1.29 is 9.59 Å². The zero-order valence-electron chi connectivity index (χ0n) is 19.2. The molecule has 34 heavy (non-hydrogen) atoms. The van der Waals surface area contributed by atoms with Gasteiger partial charge >= 0.3 is 0 Å². The van der Waals surface area contributed by atoms with Crippen LogP contribution < -0.4 is 10.2 Å². The number of benzene rings is 3. The highest BCUT2D eigenvalue weighted by molar-refractivity contribution is 9.10. The fourth-order valence-corrected chi connectivity index (χ4v) is 4.95. The fraction of sp³-hybridized carbons (Fsp3) is 0.259. The van der Waals surface area contributed by atoms with E-state index in [9.17, 15) is 9.59 Å². The van der Waals surface area contributed by atoms with E-state index in [-0.39, 0.29) is 24.3 Å². The minimum atomic E-state index is -0.234. The Labute approximate surface area is 213 Å². The van der Waals surface area contributed by atoms with Crippen LogP contribution in [-0.4, -0.2) is 48.8 Å². The summed E-state index contributed by atoms with van der Waals surface area (Å²) in [5, 5.41) is 3.32. The molecule has 1 N–H and O–H groups in total. The summed E-state index contributed by atoms with van der Waals surface area (Å²) in [6, 6.07) is 21.0. The van der Waals surface area contributed by atoms with E-state index in [1.165, 1.54) is 11.3 Å². The summed E-state index contributed by atoms with van der Waals surface area (Å²) in [5.41, 5.74) is 3.73. The lowest BCUT2D eigenvalue weighted by Crippen LogP contribution is -2.53. The van der Waals surface area contributed by atoms with Crippen molar-refractivity contribution in [3.63, 3.8) is 0 Å². The number of nitrogens with one attached hydrogen (secondary N) is 1. The standard InChI is InChI=1S/C27H27BrClN3O2/c1-18-6-5-7-21(14-18)32-13-12-31(16-19(32)2)17-26(33)30-25-11-10-20(28)15-23(25)27(34)22-8-3-4-9-24(22)29/h3-11,14-15,19H,12-13,16-17H2,1-2H3,(H,30,33). The van der Waals surface area contributed by atoms with E-state index in [0.717, 1.165) is 24.1 Å². The number of carbonyl (C=O) groups is 2. The molecule has 1 unspecified atom stereocenters. The Hall–Kier alpha value is -2.67. The van der Waals surface area contributed by atoms with E-state index in [4.69, 9.17) is 11.6 Å². The van der Waals surface area contributed by atoms with Gasteiger partial charge in [-0.05, 0) is 61.9 Å². The maximum atomic E-state index is 13.2. The maximum absolute atomic E-state index is 13.2. The van der Waals surface area contributed by atoms with Gasteiger partial charge in [-0.3, -0.25) is 14.5 Å². The highest BCUT2D eigenvalue weighted by atomic mass is 79.9. The Bertz CT molecular complexity index is 1220. The summed E-state index contributed by atoms with van der Waals surface area (Å²) < 4.78 is 0.752. The summed E-state index contributed by atoms with van der Waals surface area (Å²) in [4.78, 5) is 30.6. The van der Waals surface area contributed by atoms with Gasteiger partial charge in [-0.15, -0.1) is 0 Å². The number of halogens is 2. The van der Waals surface area contributed by atoms with Crippen LogP contribution in [0.5, 0.6) is 0 Å². The second-order valence-electron chi connectivity index (χ2n) is 8.66. The molecular formula is C27H27BrClN3O2. The van der Waals surface area contributed by atoms with Crippen molar-refractivity contribution in [2.24, 2.45) is 0 Å². The number of carbonyl (C=O) groups excluding carboxylic acids is 2. The smallest absolute Gasteiger partial charge is 0.238 e. The number of hydrogen-bond acceptors (Lipinski definition) is 4. The van der Waals surface area contributed by atoms with Gasteiger partial charge in [0.1, 0.15) is 0 Å². The van der Waals surface area contributed by atoms with Crippen molar-refractivity contribution in [1.29, 1.82) is 0 Å². The first-order valence-corrected chi connectivity index (χ1v) is 12.4. The molecule has 0 spiro atoms. The first-order chi connectivity index (χ1) is 16.3. The number of ketones is 1. The molecule has 0 aromatic heterocycles. The third-order valence-electron chi connectivity index (χ3n) is 6.03. The second-order valence-corrected chi connectivity index (χ2v) is 9.99. The van der Waals surface area contributed by atoms with Gasteiger partial charge in [-0.2, -0.15) is 0 Å². The molecule has 3 aromatic rings. The molecular weight excluding hydrogens is 514 g/mol. The predicted molar refractivity (Wildman–Crippen MR) is 142 cm³/mol. The van der Waals surface area contributed by atoms with Gasteiger partial charge < -0.3 is 10.2 Å². The summed E-state index contributed by atoms with van der Waals surface area (Å²) in [7, 11) is 0. The van der Waals surface area contributed by atoms with Crippen LogP contribution >= 0.6 is 27.5 Å². The van der Waals surface area contributed by atoms with E-state index < -0.39 is 0 Å². The molecule has 0 aliphatic carbocycles. The number of anilines is 2. The molecule has 1 aliphatic heterocycles. The number of aryl methyl sites for hydroxylation is 1. The topological polar surface area (TPSA) is 52.6 Å². The zero-order valence-corrected chi connectivity index (χ0v) is 21.6. The number of hydrogen-bond donors (Lipinski definition) is 1. The number of rotatable bonds is 6. The van der Waals surface area contributed by atoms with Crippen LogP contribution in [0.25, 0.3) is 0 Å². The van der Waals surface area contributed by atoms with Crippen LogP contribution in [0.4, 0.5) is 11.4 Å². The van der Waals surface area contributed by atoms with Crippen LogP contribution in [0, 0.1) is 6.92 Å². The quantitative estimate of drug-likeness (QED) is 0.402. The Kier molecular flexibility index (Phi) is 7.71. The molecule has 1 aliphatic rings. The lowest BCUT2D eigenvalue weighted by molar-refractivity contribution is -0.117. The molecule has 7 heteroatoms. The minimum absolute atomic E-state index is 0.147. The molecule has 0 bridgehead atoms. The van der Waals surface area contributed by atoms with Gasteiger partial charge in [0, 0.05) is 47.0 Å². The molecule has 176 valence electrons. The van der Waals surface area contributed by atoms with Crippen LogP contribution in [0.15, 0.2) is 71.2 Å². The van der Waals surface area contributed by atoms with E-state index in [0.29, 0.717) is 21.8 Å². The van der Waals surface area contributed by atoms with Crippen LogP contribution in [0.1, 0.15) is 28.4 Å². The van der Waals surface area contributed by atoms with E-state index in [1.54, 1.807) is 36.4 Å². The van der Waals surface area contributed by atoms with Crippen LogP contribution in [0.3, 0.4) is 0 Å². The van der Waals surface area contributed by atoms with Crippen molar-refractivity contribution in [2.75, 3.05) is 36.4 Å². The van der Waals surface area contributed by atoms with Crippen molar-refractivity contribution in [3.8, 4) is 0 Å². The van der Waals surface area contributed by atoms with Crippen LogP contribution in [-0.2, 0) is 4.79 Å². The molecule has 3 aromatic carbocycles. The normalized spacial score (nSPS) is 16.4. The second kappa shape index (κ2) is 10.7. The van der Waals surface area contributed by atoms with Crippen molar-refractivity contribution in [2.45, 2.75) is 19.9 Å². The summed E-state index contributed by atoms with van der Waals surface area (Å²) in [5.74, 6) is -0.380. The Morgan fingerprint density at radius 3 is 2.56 bits per heavy atom. The van der Waals surface area contributed by atoms with Crippen LogP contribution in [0.2, 0.25) is 5.02 Å². The number of piperazine rings is 1. The fourth-order valence-electron chi connectivity index (χ4n) is 4.36. The third kappa shape index (κ3) is 5.69. The molecule has 1 amide bonds. The van der Waals surface area contributed by atoms with E-state index in [2.05, 4.69) is 69.2 Å². The zero-order chi connectivity index (χ0) is 24.2. The lowest BCUT2D eigenvalue weighted by Gasteiger charge is -2.41. The SMILES string of the molecule is Cc1cccc(N2CCN(CC(=O)Nc3ccc(Br)cc3C(=O)c3ccccc3Cl)CC2C)c1. The average molecular weight is 541 g/mol. The summed E-state index contributed by atoms with van der Waals surface area (Å²) in [6.07, 6.45) is 0. The molecule has 0 saturated carbocycles. The van der Waals surface area contributed by atoms with Crippen molar-refractivity contribution >= 4 is 50.6 Å². The Morgan fingerprint density at radius 2 is 1.82 bits per heavy atom. The Morgan fingerprint density at radius 1 is 1.03 bits per heavy atom.